The Bertz CT molecular complexity index is 618. The number of ketones is 1. The molecule has 0 saturated carbocycles. The van der Waals surface area contributed by atoms with Crippen LogP contribution < -0.4 is 4.74 Å². The molecule has 110 valence electrons. The van der Waals surface area contributed by atoms with Crippen molar-refractivity contribution < 1.29 is 23.4 Å². The Morgan fingerprint density at radius 1 is 1.14 bits per heavy atom. The highest BCUT2D eigenvalue weighted by Gasteiger charge is 2.18. The van der Waals surface area contributed by atoms with E-state index in [0.29, 0.717) is 11.3 Å². The monoisotopic (exact) mass is 292 g/mol. The number of carbonyl (C=O) groups excluding carboxylic acids is 1. The highest BCUT2D eigenvalue weighted by molar-refractivity contribution is 5.94. The molecule has 0 aromatic heterocycles. The first kappa shape index (κ1) is 15.1. The number of aliphatic hydroxyl groups is 1. The van der Waals surface area contributed by atoms with E-state index in [0.717, 1.165) is 12.1 Å². The lowest BCUT2D eigenvalue weighted by Crippen LogP contribution is -2.13. The number of carbonyl (C=O) groups is 1. The summed E-state index contributed by atoms with van der Waals surface area (Å²) in [4.78, 5) is 11.1. The van der Waals surface area contributed by atoms with E-state index >= 15 is 0 Å². The topological polar surface area (TPSA) is 46.5 Å². The van der Waals surface area contributed by atoms with Gasteiger partial charge in [-0.15, -0.1) is 0 Å². The molecule has 0 heterocycles. The summed E-state index contributed by atoms with van der Waals surface area (Å²) in [6, 6.07) is 9.64. The SMILES string of the molecule is CC(=O)c1ccc(OCC(O)c2c(F)cccc2F)cc1. The summed E-state index contributed by atoms with van der Waals surface area (Å²) in [6.45, 7) is 1.15. The van der Waals surface area contributed by atoms with Gasteiger partial charge in [-0.25, -0.2) is 8.78 Å². The van der Waals surface area contributed by atoms with Gasteiger partial charge in [0, 0.05) is 5.56 Å². The van der Waals surface area contributed by atoms with Crippen LogP contribution in [-0.4, -0.2) is 17.5 Å². The molecule has 0 aliphatic heterocycles. The maximum absolute atomic E-state index is 13.5. The first-order valence-electron chi connectivity index (χ1n) is 6.35. The van der Waals surface area contributed by atoms with Crippen LogP contribution in [0.3, 0.4) is 0 Å². The number of halogens is 2. The Morgan fingerprint density at radius 3 is 2.24 bits per heavy atom. The third-order valence-corrected chi connectivity index (χ3v) is 3.00. The summed E-state index contributed by atoms with van der Waals surface area (Å²) in [5.74, 6) is -1.32. The zero-order valence-corrected chi connectivity index (χ0v) is 11.3. The molecule has 21 heavy (non-hydrogen) atoms. The van der Waals surface area contributed by atoms with Crippen LogP contribution >= 0.6 is 0 Å². The quantitative estimate of drug-likeness (QED) is 0.860. The number of hydrogen-bond acceptors (Lipinski definition) is 3. The molecule has 0 aliphatic rings. The predicted molar refractivity (Wildman–Crippen MR) is 73.3 cm³/mol. The lowest BCUT2D eigenvalue weighted by atomic mass is 10.1. The van der Waals surface area contributed by atoms with Gasteiger partial charge in [0.2, 0.25) is 0 Å². The minimum atomic E-state index is -1.42. The molecule has 2 aromatic carbocycles. The van der Waals surface area contributed by atoms with E-state index in [1.165, 1.54) is 13.0 Å². The highest BCUT2D eigenvalue weighted by atomic mass is 19.1. The molecule has 0 radical (unpaired) electrons. The third-order valence-electron chi connectivity index (χ3n) is 3.00. The Labute approximate surface area is 120 Å². The Balaban J connectivity index is 2.04. The summed E-state index contributed by atoms with van der Waals surface area (Å²) in [5.41, 5.74) is 0.112. The average Bonchev–Trinajstić information content (AvgIpc) is 2.45. The van der Waals surface area contributed by atoms with Crippen LogP contribution in [0.5, 0.6) is 5.75 Å². The largest absolute Gasteiger partial charge is 0.491 e. The van der Waals surface area contributed by atoms with Crippen molar-refractivity contribution >= 4 is 5.78 Å². The zero-order valence-electron chi connectivity index (χ0n) is 11.3. The summed E-state index contributed by atoms with van der Waals surface area (Å²) in [5, 5.41) is 9.83. The van der Waals surface area contributed by atoms with Gasteiger partial charge in [-0.2, -0.15) is 0 Å². The molecule has 0 aliphatic carbocycles. The van der Waals surface area contributed by atoms with Crippen molar-refractivity contribution in [3.05, 3.63) is 65.2 Å². The summed E-state index contributed by atoms with van der Waals surface area (Å²) < 4.78 is 32.2. The van der Waals surface area contributed by atoms with Gasteiger partial charge in [-0.05, 0) is 43.3 Å². The van der Waals surface area contributed by atoms with Crippen LogP contribution in [0.1, 0.15) is 28.9 Å². The van der Waals surface area contributed by atoms with Crippen molar-refractivity contribution in [1.29, 1.82) is 0 Å². The Kier molecular flexibility index (Phi) is 4.65. The van der Waals surface area contributed by atoms with Crippen molar-refractivity contribution in [2.24, 2.45) is 0 Å². The minimum absolute atomic E-state index is 0.0741. The first-order valence-corrected chi connectivity index (χ1v) is 6.35. The van der Waals surface area contributed by atoms with E-state index in [1.54, 1.807) is 24.3 Å². The van der Waals surface area contributed by atoms with Gasteiger partial charge in [-0.3, -0.25) is 4.79 Å². The molecule has 1 unspecified atom stereocenters. The van der Waals surface area contributed by atoms with E-state index < -0.39 is 23.3 Å². The molecule has 3 nitrogen and oxygen atoms in total. The maximum Gasteiger partial charge on any atom is 0.159 e. The van der Waals surface area contributed by atoms with Gasteiger partial charge in [0.05, 0.1) is 5.56 Å². The Morgan fingerprint density at radius 2 is 1.71 bits per heavy atom. The van der Waals surface area contributed by atoms with E-state index in [4.69, 9.17) is 4.74 Å². The van der Waals surface area contributed by atoms with E-state index in [-0.39, 0.29) is 12.4 Å². The van der Waals surface area contributed by atoms with Crippen LogP contribution in [0, 0.1) is 11.6 Å². The molecule has 0 spiro atoms. The number of rotatable bonds is 5. The van der Waals surface area contributed by atoms with Crippen molar-refractivity contribution in [3.8, 4) is 5.75 Å². The van der Waals surface area contributed by atoms with Crippen LogP contribution in [-0.2, 0) is 0 Å². The maximum atomic E-state index is 13.5. The molecule has 1 N–H and O–H groups in total. The molecular weight excluding hydrogens is 278 g/mol. The summed E-state index contributed by atoms with van der Waals surface area (Å²) in [7, 11) is 0. The minimum Gasteiger partial charge on any atom is -0.491 e. The fraction of sp³-hybridized carbons (Fsp3) is 0.188. The van der Waals surface area contributed by atoms with E-state index in [9.17, 15) is 18.7 Å². The number of Topliss-reactive ketones (excluding diaryl/α,β-unsaturated/α-hetero) is 1. The van der Waals surface area contributed by atoms with Gasteiger partial charge in [0.25, 0.3) is 0 Å². The smallest absolute Gasteiger partial charge is 0.159 e. The normalized spacial score (nSPS) is 12.0. The number of benzene rings is 2. The number of aliphatic hydroxyl groups excluding tert-OH is 1. The van der Waals surface area contributed by atoms with Gasteiger partial charge >= 0.3 is 0 Å². The molecule has 2 rings (SSSR count). The average molecular weight is 292 g/mol. The summed E-state index contributed by atoms with van der Waals surface area (Å²) in [6.07, 6.45) is -1.42. The van der Waals surface area contributed by atoms with Crippen molar-refractivity contribution in [2.45, 2.75) is 13.0 Å². The van der Waals surface area contributed by atoms with Crippen molar-refractivity contribution in [2.75, 3.05) is 6.61 Å². The standard InChI is InChI=1S/C16H14F2O3/c1-10(19)11-5-7-12(8-6-11)21-9-15(20)16-13(17)3-2-4-14(16)18/h2-8,15,20H,9H2,1H3. The fourth-order valence-corrected chi connectivity index (χ4v) is 1.87. The van der Waals surface area contributed by atoms with Crippen LogP contribution in [0.25, 0.3) is 0 Å². The number of ether oxygens (including phenoxy) is 1. The second-order valence-corrected chi connectivity index (χ2v) is 4.54. The summed E-state index contributed by atoms with van der Waals surface area (Å²) >= 11 is 0. The van der Waals surface area contributed by atoms with Crippen LogP contribution in [0.4, 0.5) is 8.78 Å². The van der Waals surface area contributed by atoms with Gasteiger partial charge < -0.3 is 9.84 Å². The third kappa shape index (κ3) is 3.64. The lowest BCUT2D eigenvalue weighted by Gasteiger charge is -2.14. The molecule has 1 atom stereocenters. The predicted octanol–water partition coefficient (Wildman–Crippen LogP) is 3.28. The van der Waals surface area contributed by atoms with E-state index in [2.05, 4.69) is 0 Å². The highest BCUT2D eigenvalue weighted by Crippen LogP contribution is 2.22. The molecule has 2 aromatic rings. The van der Waals surface area contributed by atoms with E-state index in [1.807, 2.05) is 0 Å². The molecule has 5 heteroatoms. The van der Waals surface area contributed by atoms with Gasteiger partial charge in [0.15, 0.2) is 5.78 Å². The molecule has 0 bridgehead atoms. The molecule has 0 saturated heterocycles. The van der Waals surface area contributed by atoms with Gasteiger partial charge in [-0.1, -0.05) is 6.07 Å². The molecular formula is C16H14F2O3. The van der Waals surface area contributed by atoms with Crippen LogP contribution in [0.15, 0.2) is 42.5 Å². The molecule has 0 amide bonds. The zero-order chi connectivity index (χ0) is 15.4. The Hall–Kier alpha value is -2.27. The second kappa shape index (κ2) is 6.45. The van der Waals surface area contributed by atoms with Crippen LogP contribution in [0.2, 0.25) is 0 Å². The number of hydrogen-bond donors (Lipinski definition) is 1. The van der Waals surface area contributed by atoms with Crippen molar-refractivity contribution in [3.63, 3.8) is 0 Å². The van der Waals surface area contributed by atoms with Crippen molar-refractivity contribution in [1.82, 2.24) is 0 Å². The fourth-order valence-electron chi connectivity index (χ4n) is 1.87. The van der Waals surface area contributed by atoms with Gasteiger partial charge in [0.1, 0.15) is 30.1 Å². The first-order chi connectivity index (χ1) is 9.99. The second-order valence-electron chi connectivity index (χ2n) is 4.54. The lowest BCUT2D eigenvalue weighted by molar-refractivity contribution is 0.100. The molecule has 0 fully saturated rings.